The first-order valence-corrected chi connectivity index (χ1v) is 10.0. The molecule has 0 N–H and O–H groups in total. The third-order valence-corrected chi connectivity index (χ3v) is 5.72. The molecule has 0 radical (unpaired) electrons. The molecule has 0 unspecified atom stereocenters. The molecule has 1 saturated carbocycles. The number of carbonyl (C=O) groups is 2. The lowest BCUT2D eigenvalue weighted by molar-refractivity contribution is -0.137. The van der Waals surface area contributed by atoms with E-state index in [1.165, 1.54) is 18.9 Å². The largest absolute Gasteiger partial charge is 0.446 e. The van der Waals surface area contributed by atoms with Crippen LogP contribution in [-0.2, 0) is 15.7 Å². The summed E-state index contributed by atoms with van der Waals surface area (Å²) in [5.74, 6) is -0.379. The Balaban J connectivity index is 1.63. The maximum atomic E-state index is 13.2. The fraction of sp³-hybridized carbons (Fsp3) is 0.381. The van der Waals surface area contributed by atoms with Gasteiger partial charge in [-0.1, -0.05) is 17.7 Å². The number of aryl methyl sites for hydroxylation is 1. The van der Waals surface area contributed by atoms with Crippen LogP contribution in [0, 0.1) is 6.92 Å². The van der Waals surface area contributed by atoms with Gasteiger partial charge in [0.05, 0.1) is 5.56 Å². The van der Waals surface area contributed by atoms with E-state index in [1.807, 2.05) is 6.07 Å². The van der Waals surface area contributed by atoms with Crippen molar-refractivity contribution in [2.75, 3.05) is 23.5 Å². The van der Waals surface area contributed by atoms with Crippen molar-refractivity contribution in [1.29, 1.82) is 0 Å². The van der Waals surface area contributed by atoms with E-state index in [4.69, 9.17) is 16.3 Å². The van der Waals surface area contributed by atoms with Crippen molar-refractivity contribution in [3.8, 4) is 0 Å². The first-order valence-electron chi connectivity index (χ1n) is 9.65. The zero-order chi connectivity index (χ0) is 22.5. The number of amides is 2. The molecular weight excluding hydrogens is 435 g/mol. The standard InChI is InChI=1S/C21H19ClF3N3O3/c1-11-7-13(21(23,24)25)8-18(26-11)28-17(10-31-20(28)30)19(29)27(2)14-5-6-15(12-3-4-12)16(22)9-14/h5-9,12,17H,3-4,10H2,1-2H3/t17-/m0/s1. The number of likely N-dealkylation sites (N-methyl/N-ethyl adjacent to an activating group) is 1. The molecule has 1 aromatic carbocycles. The molecule has 1 aliphatic carbocycles. The lowest BCUT2D eigenvalue weighted by atomic mass is 10.1. The Kier molecular flexibility index (Phi) is 5.33. The number of nitrogens with zero attached hydrogens (tertiary/aromatic N) is 3. The molecular formula is C21H19ClF3N3O3. The molecule has 2 aliphatic rings. The van der Waals surface area contributed by atoms with Crippen molar-refractivity contribution in [3.05, 3.63) is 52.2 Å². The molecule has 6 nitrogen and oxygen atoms in total. The predicted molar refractivity (Wildman–Crippen MR) is 108 cm³/mol. The molecule has 1 saturated heterocycles. The smallest absolute Gasteiger partial charge is 0.416 e. The van der Waals surface area contributed by atoms with Gasteiger partial charge in [-0.05, 0) is 55.5 Å². The summed E-state index contributed by atoms with van der Waals surface area (Å²) < 4.78 is 44.6. The second kappa shape index (κ2) is 7.71. The Morgan fingerprint density at radius 1 is 1.26 bits per heavy atom. The van der Waals surface area contributed by atoms with E-state index in [-0.39, 0.29) is 18.1 Å². The van der Waals surface area contributed by atoms with Gasteiger partial charge in [-0.3, -0.25) is 4.79 Å². The van der Waals surface area contributed by atoms with Gasteiger partial charge >= 0.3 is 12.3 Å². The van der Waals surface area contributed by atoms with Crippen LogP contribution in [0.1, 0.15) is 35.6 Å². The molecule has 2 fully saturated rings. The van der Waals surface area contributed by atoms with Crippen LogP contribution in [0.5, 0.6) is 0 Å². The second-order valence-electron chi connectivity index (χ2n) is 7.69. The Morgan fingerprint density at radius 3 is 2.58 bits per heavy atom. The van der Waals surface area contributed by atoms with Gasteiger partial charge in [0.1, 0.15) is 12.4 Å². The summed E-state index contributed by atoms with van der Waals surface area (Å²) in [6, 6.07) is 5.74. The summed E-state index contributed by atoms with van der Waals surface area (Å²) in [6.07, 6.45) is -3.40. The number of halogens is 4. The number of pyridine rings is 1. The van der Waals surface area contributed by atoms with Gasteiger partial charge in [-0.25, -0.2) is 14.7 Å². The highest BCUT2D eigenvalue weighted by molar-refractivity contribution is 6.31. The van der Waals surface area contributed by atoms with Gasteiger partial charge < -0.3 is 9.64 Å². The molecule has 1 aliphatic heterocycles. The molecule has 2 heterocycles. The molecule has 0 spiro atoms. The third kappa shape index (κ3) is 4.19. The van der Waals surface area contributed by atoms with Crippen LogP contribution in [0.3, 0.4) is 0 Å². The third-order valence-electron chi connectivity index (χ3n) is 5.39. The number of hydrogen-bond acceptors (Lipinski definition) is 4. The Hall–Kier alpha value is -2.81. The molecule has 164 valence electrons. The first kappa shape index (κ1) is 21.4. The summed E-state index contributed by atoms with van der Waals surface area (Å²) in [7, 11) is 1.51. The van der Waals surface area contributed by atoms with Crippen molar-refractivity contribution in [1.82, 2.24) is 4.98 Å². The molecule has 1 atom stereocenters. The van der Waals surface area contributed by atoms with Crippen LogP contribution in [0.4, 0.5) is 29.5 Å². The van der Waals surface area contributed by atoms with Crippen molar-refractivity contribution >= 4 is 35.1 Å². The minimum atomic E-state index is -4.62. The van der Waals surface area contributed by atoms with E-state index in [0.717, 1.165) is 35.4 Å². The van der Waals surface area contributed by atoms with E-state index in [9.17, 15) is 22.8 Å². The average Bonchev–Trinajstić information content (AvgIpc) is 3.46. The van der Waals surface area contributed by atoms with Gasteiger partial charge in [0.25, 0.3) is 5.91 Å². The van der Waals surface area contributed by atoms with Crippen LogP contribution in [-0.4, -0.2) is 36.7 Å². The average molecular weight is 454 g/mol. The number of carbonyl (C=O) groups excluding carboxylic acids is 2. The number of ether oxygens (including phenoxy) is 1. The van der Waals surface area contributed by atoms with Crippen molar-refractivity contribution in [2.24, 2.45) is 0 Å². The summed E-state index contributed by atoms with van der Waals surface area (Å²) in [4.78, 5) is 31.6. The second-order valence-corrected chi connectivity index (χ2v) is 8.10. The van der Waals surface area contributed by atoms with Crippen LogP contribution >= 0.6 is 11.6 Å². The quantitative estimate of drug-likeness (QED) is 0.658. The Bertz CT molecular complexity index is 1060. The van der Waals surface area contributed by atoms with Gasteiger partial charge in [-0.2, -0.15) is 13.2 Å². The first-order chi connectivity index (χ1) is 14.6. The number of benzene rings is 1. The molecule has 31 heavy (non-hydrogen) atoms. The summed E-state index contributed by atoms with van der Waals surface area (Å²) in [5.41, 5.74) is 0.631. The Labute approximate surface area is 181 Å². The van der Waals surface area contributed by atoms with Gasteiger partial charge in [0, 0.05) is 23.5 Å². The SMILES string of the molecule is Cc1cc(C(F)(F)F)cc(N2C(=O)OC[C@H]2C(=O)N(C)c2ccc(C3CC3)c(Cl)c2)n1. The highest BCUT2D eigenvalue weighted by Crippen LogP contribution is 2.44. The number of hydrogen-bond donors (Lipinski definition) is 0. The fourth-order valence-corrected chi connectivity index (χ4v) is 3.92. The number of aromatic nitrogens is 1. The van der Waals surface area contributed by atoms with Crippen LogP contribution in [0.15, 0.2) is 30.3 Å². The molecule has 0 bridgehead atoms. The van der Waals surface area contributed by atoms with Crippen molar-refractivity contribution < 1.29 is 27.5 Å². The van der Waals surface area contributed by atoms with Gasteiger partial charge in [0.2, 0.25) is 0 Å². The maximum Gasteiger partial charge on any atom is 0.416 e. The van der Waals surface area contributed by atoms with E-state index in [0.29, 0.717) is 16.6 Å². The monoisotopic (exact) mass is 453 g/mol. The van der Waals surface area contributed by atoms with Crippen molar-refractivity contribution in [3.63, 3.8) is 0 Å². The van der Waals surface area contributed by atoms with Crippen molar-refractivity contribution in [2.45, 2.75) is 37.9 Å². The van der Waals surface area contributed by atoms with Crippen LogP contribution in [0.2, 0.25) is 5.02 Å². The van der Waals surface area contributed by atoms with Gasteiger partial charge in [-0.15, -0.1) is 0 Å². The fourth-order valence-electron chi connectivity index (χ4n) is 3.60. The predicted octanol–water partition coefficient (Wildman–Crippen LogP) is 4.93. The van der Waals surface area contributed by atoms with Crippen LogP contribution < -0.4 is 9.80 Å². The Morgan fingerprint density at radius 2 is 1.97 bits per heavy atom. The van der Waals surface area contributed by atoms with E-state index < -0.39 is 29.8 Å². The summed E-state index contributed by atoms with van der Waals surface area (Å²) in [6.45, 7) is 1.08. The van der Waals surface area contributed by atoms with E-state index >= 15 is 0 Å². The topological polar surface area (TPSA) is 62.7 Å². The van der Waals surface area contributed by atoms with E-state index in [1.54, 1.807) is 12.1 Å². The number of rotatable bonds is 4. The zero-order valence-corrected chi connectivity index (χ0v) is 17.5. The lowest BCUT2D eigenvalue weighted by Crippen LogP contribution is -2.47. The van der Waals surface area contributed by atoms with Gasteiger partial charge in [0.15, 0.2) is 6.04 Å². The normalized spacial score (nSPS) is 18.8. The molecule has 4 rings (SSSR count). The summed E-state index contributed by atoms with van der Waals surface area (Å²) >= 11 is 6.35. The zero-order valence-electron chi connectivity index (χ0n) is 16.7. The number of alkyl halides is 3. The van der Waals surface area contributed by atoms with Crippen LogP contribution in [0.25, 0.3) is 0 Å². The minimum Gasteiger partial charge on any atom is -0.446 e. The highest BCUT2D eigenvalue weighted by atomic mass is 35.5. The molecule has 2 amide bonds. The highest BCUT2D eigenvalue weighted by Gasteiger charge is 2.43. The summed E-state index contributed by atoms with van der Waals surface area (Å²) in [5, 5.41) is 0.547. The molecule has 1 aromatic heterocycles. The molecule has 10 heteroatoms. The minimum absolute atomic E-state index is 0.0616. The van der Waals surface area contributed by atoms with E-state index in [2.05, 4.69) is 4.98 Å². The molecule has 2 aromatic rings. The lowest BCUT2D eigenvalue weighted by Gasteiger charge is -2.26. The number of anilines is 2. The maximum absolute atomic E-state index is 13.2. The number of cyclic esters (lactones) is 1.